The van der Waals surface area contributed by atoms with Gasteiger partial charge in [-0.05, 0) is 23.8 Å². The quantitative estimate of drug-likeness (QED) is 0.917. The van der Waals surface area contributed by atoms with Crippen molar-refractivity contribution in [3.05, 3.63) is 53.8 Å². The van der Waals surface area contributed by atoms with Gasteiger partial charge in [-0.15, -0.1) is 0 Å². The molecule has 0 atom stereocenters. The van der Waals surface area contributed by atoms with Crippen molar-refractivity contribution in [2.45, 2.75) is 16.3 Å². The molecule has 2 aromatic rings. The number of benzene rings is 2. The van der Waals surface area contributed by atoms with E-state index in [2.05, 4.69) is 0 Å². The number of ether oxygens (including phenoxy) is 1. The van der Waals surface area contributed by atoms with Crippen molar-refractivity contribution < 1.29 is 9.13 Å². The van der Waals surface area contributed by atoms with Crippen molar-refractivity contribution >= 4 is 11.8 Å². The van der Waals surface area contributed by atoms with Gasteiger partial charge in [-0.2, -0.15) is 0 Å². The predicted molar refractivity (Wildman–Crippen MR) is 71.4 cm³/mol. The Kier molecular flexibility index (Phi) is 4.23. The van der Waals surface area contributed by atoms with E-state index in [0.717, 1.165) is 16.2 Å². The van der Waals surface area contributed by atoms with Gasteiger partial charge in [0.2, 0.25) is 0 Å². The van der Waals surface area contributed by atoms with Gasteiger partial charge in [0.1, 0.15) is 11.6 Å². The zero-order valence-corrected chi connectivity index (χ0v) is 10.8. The lowest BCUT2D eigenvalue weighted by atomic mass is 10.2. The lowest BCUT2D eigenvalue weighted by molar-refractivity contribution is 0.405. The second kappa shape index (κ2) is 5.89. The highest BCUT2D eigenvalue weighted by atomic mass is 32.2. The molecule has 4 heteroatoms. The molecule has 2 aromatic carbocycles. The molecule has 0 aliphatic heterocycles. The molecule has 18 heavy (non-hydrogen) atoms. The number of hydrogen-bond acceptors (Lipinski definition) is 3. The highest BCUT2D eigenvalue weighted by Crippen LogP contribution is 2.37. The monoisotopic (exact) mass is 263 g/mol. The zero-order chi connectivity index (χ0) is 13.0. The zero-order valence-electron chi connectivity index (χ0n) is 10.0. The van der Waals surface area contributed by atoms with Crippen molar-refractivity contribution in [2.75, 3.05) is 7.11 Å². The van der Waals surface area contributed by atoms with Crippen molar-refractivity contribution in [2.24, 2.45) is 5.73 Å². The van der Waals surface area contributed by atoms with Crippen LogP contribution < -0.4 is 10.5 Å². The van der Waals surface area contributed by atoms with E-state index in [1.165, 1.54) is 17.8 Å². The molecule has 2 nitrogen and oxygen atoms in total. The molecule has 0 amide bonds. The summed E-state index contributed by atoms with van der Waals surface area (Å²) in [6.45, 7) is 0.315. The highest BCUT2D eigenvalue weighted by molar-refractivity contribution is 7.99. The fourth-order valence-electron chi connectivity index (χ4n) is 1.64. The SMILES string of the molecule is COc1ccccc1Sc1c(F)cccc1CN. The summed E-state index contributed by atoms with van der Waals surface area (Å²) in [5, 5.41) is 0. The molecule has 0 saturated heterocycles. The normalized spacial score (nSPS) is 10.4. The van der Waals surface area contributed by atoms with E-state index >= 15 is 0 Å². The molecule has 2 rings (SSSR count). The number of rotatable bonds is 4. The minimum Gasteiger partial charge on any atom is -0.496 e. The first-order chi connectivity index (χ1) is 8.76. The molecule has 0 spiro atoms. The maximum Gasteiger partial charge on any atom is 0.137 e. The van der Waals surface area contributed by atoms with Crippen molar-refractivity contribution in [1.29, 1.82) is 0 Å². The molecule has 94 valence electrons. The Morgan fingerprint density at radius 3 is 2.67 bits per heavy atom. The smallest absolute Gasteiger partial charge is 0.137 e. The third-order valence-electron chi connectivity index (χ3n) is 2.55. The molecule has 2 N–H and O–H groups in total. The summed E-state index contributed by atoms with van der Waals surface area (Å²) < 4.78 is 19.1. The standard InChI is InChI=1S/C14H14FNOS/c1-17-12-7-2-3-8-13(12)18-14-10(9-16)5-4-6-11(14)15/h2-8H,9,16H2,1H3. The van der Waals surface area contributed by atoms with E-state index in [9.17, 15) is 4.39 Å². The van der Waals surface area contributed by atoms with Crippen LogP contribution in [-0.2, 0) is 6.54 Å². The van der Waals surface area contributed by atoms with Gasteiger partial charge < -0.3 is 10.5 Å². The van der Waals surface area contributed by atoms with E-state index in [1.54, 1.807) is 13.2 Å². The van der Waals surface area contributed by atoms with Crippen LogP contribution in [0, 0.1) is 5.82 Å². The molecule has 0 aliphatic rings. The van der Waals surface area contributed by atoms with Crippen LogP contribution in [0.5, 0.6) is 5.75 Å². The fraction of sp³-hybridized carbons (Fsp3) is 0.143. The van der Waals surface area contributed by atoms with Crippen LogP contribution in [0.3, 0.4) is 0 Å². The second-order valence-corrected chi connectivity index (χ2v) is 4.74. The van der Waals surface area contributed by atoms with Crippen LogP contribution >= 0.6 is 11.8 Å². The third kappa shape index (κ3) is 2.66. The second-order valence-electron chi connectivity index (χ2n) is 3.69. The largest absolute Gasteiger partial charge is 0.496 e. The maximum atomic E-state index is 13.8. The Hall–Kier alpha value is -1.52. The molecule has 0 heterocycles. The van der Waals surface area contributed by atoms with Crippen molar-refractivity contribution in [3.8, 4) is 5.75 Å². The molecular weight excluding hydrogens is 249 g/mol. The van der Waals surface area contributed by atoms with E-state index in [-0.39, 0.29) is 5.82 Å². The topological polar surface area (TPSA) is 35.2 Å². The summed E-state index contributed by atoms with van der Waals surface area (Å²) >= 11 is 1.34. The molecule has 0 radical (unpaired) electrons. The maximum absolute atomic E-state index is 13.8. The van der Waals surface area contributed by atoms with Crippen LogP contribution in [0.1, 0.15) is 5.56 Å². The van der Waals surface area contributed by atoms with E-state index in [1.807, 2.05) is 30.3 Å². The molecule has 0 unspecified atom stereocenters. The Bertz CT molecular complexity index is 545. The summed E-state index contributed by atoms with van der Waals surface area (Å²) in [6, 6.07) is 12.5. The van der Waals surface area contributed by atoms with Crippen molar-refractivity contribution in [1.82, 2.24) is 0 Å². The minimum atomic E-state index is -0.256. The van der Waals surface area contributed by atoms with Gasteiger partial charge in [0.05, 0.1) is 16.9 Å². The first-order valence-electron chi connectivity index (χ1n) is 5.54. The van der Waals surface area contributed by atoms with Crippen LogP contribution in [0.4, 0.5) is 4.39 Å². The number of hydrogen-bond donors (Lipinski definition) is 1. The first-order valence-corrected chi connectivity index (χ1v) is 6.36. The number of nitrogens with two attached hydrogens (primary N) is 1. The Labute approximate surface area is 110 Å². The summed E-state index contributed by atoms with van der Waals surface area (Å²) in [6.07, 6.45) is 0. The average Bonchev–Trinajstić information content (AvgIpc) is 2.41. The summed E-state index contributed by atoms with van der Waals surface area (Å²) in [4.78, 5) is 1.43. The lowest BCUT2D eigenvalue weighted by Gasteiger charge is -2.11. The molecule has 0 bridgehead atoms. The highest BCUT2D eigenvalue weighted by Gasteiger charge is 2.11. The van der Waals surface area contributed by atoms with Gasteiger partial charge in [-0.1, -0.05) is 36.0 Å². The molecule has 0 aromatic heterocycles. The molecular formula is C14H14FNOS. The van der Waals surface area contributed by atoms with Gasteiger partial charge >= 0.3 is 0 Å². The van der Waals surface area contributed by atoms with Gasteiger partial charge in [0.15, 0.2) is 0 Å². The molecule has 0 aliphatic carbocycles. The number of para-hydroxylation sites is 1. The predicted octanol–water partition coefficient (Wildman–Crippen LogP) is 3.44. The average molecular weight is 263 g/mol. The lowest BCUT2D eigenvalue weighted by Crippen LogP contribution is -2.00. The van der Waals surface area contributed by atoms with Gasteiger partial charge in [-0.3, -0.25) is 0 Å². The number of halogens is 1. The summed E-state index contributed by atoms with van der Waals surface area (Å²) in [5.41, 5.74) is 6.43. The van der Waals surface area contributed by atoms with E-state index < -0.39 is 0 Å². The third-order valence-corrected chi connectivity index (χ3v) is 3.77. The Morgan fingerprint density at radius 2 is 1.94 bits per heavy atom. The van der Waals surface area contributed by atoms with Gasteiger partial charge in [-0.25, -0.2) is 4.39 Å². The fourth-order valence-corrected chi connectivity index (χ4v) is 2.71. The van der Waals surface area contributed by atoms with Gasteiger partial charge in [0.25, 0.3) is 0 Å². The van der Waals surface area contributed by atoms with E-state index in [0.29, 0.717) is 11.4 Å². The van der Waals surface area contributed by atoms with Crippen LogP contribution in [0.25, 0.3) is 0 Å². The van der Waals surface area contributed by atoms with Crippen molar-refractivity contribution in [3.63, 3.8) is 0 Å². The minimum absolute atomic E-state index is 0.256. The van der Waals surface area contributed by atoms with E-state index in [4.69, 9.17) is 10.5 Å². The molecule has 0 fully saturated rings. The summed E-state index contributed by atoms with van der Waals surface area (Å²) in [5.74, 6) is 0.475. The first kappa shape index (κ1) is 12.9. The van der Waals surface area contributed by atoms with Gasteiger partial charge in [0, 0.05) is 6.54 Å². The van der Waals surface area contributed by atoms with Crippen LogP contribution in [-0.4, -0.2) is 7.11 Å². The number of methoxy groups -OCH3 is 1. The Balaban J connectivity index is 2.39. The van der Waals surface area contributed by atoms with Crippen LogP contribution in [0.15, 0.2) is 52.3 Å². The molecule has 0 saturated carbocycles. The summed E-state index contributed by atoms with van der Waals surface area (Å²) in [7, 11) is 1.60. The van der Waals surface area contributed by atoms with Crippen LogP contribution in [0.2, 0.25) is 0 Å². The Morgan fingerprint density at radius 1 is 1.17 bits per heavy atom.